The van der Waals surface area contributed by atoms with Crippen LogP contribution in [0.15, 0.2) is 6.20 Å². The van der Waals surface area contributed by atoms with E-state index in [1.165, 1.54) is 0 Å². The Balaban J connectivity index is 1.68. The van der Waals surface area contributed by atoms with Crippen LogP contribution in [0.3, 0.4) is 0 Å². The summed E-state index contributed by atoms with van der Waals surface area (Å²) in [5.41, 5.74) is 1.71. The van der Waals surface area contributed by atoms with Crippen molar-refractivity contribution in [1.29, 1.82) is 0 Å². The Hall–Kier alpha value is -2.35. The van der Waals surface area contributed by atoms with Gasteiger partial charge in [0.15, 0.2) is 0 Å². The molecule has 0 spiro atoms. The Kier molecular flexibility index (Phi) is 6.72. The number of carboxylic acid groups (broad SMARTS) is 1. The maximum Gasteiger partial charge on any atom is 0.305 e. The van der Waals surface area contributed by atoms with Gasteiger partial charge >= 0.3 is 5.97 Å². The van der Waals surface area contributed by atoms with Crippen molar-refractivity contribution in [2.45, 2.75) is 45.6 Å². The standard InChI is InChI=1S/C20H30N4O4/c1-14-16(19(27)22-9-5-17(25)26)13-24-11-2-10-23(20(28)18(14)24)12-6-15-3-7-21-8-4-15/h13,15,21H,2-12H2,1H3,(H,22,27)(H,25,26). The normalized spacial score (nSPS) is 17.9. The van der Waals surface area contributed by atoms with Gasteiger partial charge in [0.05, 0.1) is 12.0 Å². The van der Waals surface area contributed by atoms with Gasteiger partial charge in [-0.05, 0) is 57.2 Å². The molecule has 28 heavy (non-hydrogen) atoms. The number of nitrogens with zero attached hydrogens (tertiary/aromatic N) is 2. The highest BCUT2D eigenvalue weighted by Gasteiger charge is 2.28. The van der Waals surface area contributed by atoms with Gasteiger partial charge in [-0.1, -0.05) is 0 Å². The number of piperidine rings is 1. The zero-order valence-corrected chi connectivity index (χ0v) is 16.5. The van der Waals surface area contributed by atoms with Gasteiger partial charge in [0.1, 0.15) is 5.69 Å². The van der Waals surface area contributed by atoms with E-state index in [1.807, 2.05) is 9.47 Å². The molecular weight excluding hydrogens is 360 g/mol. The molecule has 1 fully saturated rings. The van der Waals surface area contributed by atoms with Gasteiger partial charge < -0.3 is 25.2 Å². The van der Waals surface area contributed by atoms with Crippen LogP contribution < -0.4 is 10.6 Å². The number of carbonyl (C=O) groups is 3. The summed E-state index contributed by atoms with van der Waals surface area (Å²) in [5.74, 6) is -0.619. The van der Waals surface area contributed by atoms with Crippen LogP contribution in [-0.2, 0) is 11.3 Å². The van der Waals surface area contributed by atoms with Crippen LogP contribution in [0.25, 0.3) is 0 Å². The number of rotatable bonds is 7. The number of hydrogen-bond acceptors (Lipinski definition) is 4. The summed E-state index contributed by atoms with van der Waals surface area (Å²) in [6, 6.07) is 0. The lowest BCUT2D eigenvalue weighted by molar-refractivity contribution is -0.136. The van der Waals surface area contributed by atoms with Crippen LogP contribution in [0.5, 0.6) is 0 Å². The molecule has 1 aromatic heterocycles. The number of aryl methyl sites for hydroxylation is 1. The molecule has 0 atom stereocenters. The van der Waals surface area contributed by atoms with Crippen LogP contribution in [0.2, 0.25) is 0 Å². The largest absolute Gasteiger partial charge is 0.481 e. The minimum Gasteiger partial charge on any atom is -0.481 e. The third-order valence-electron chi connectivity index (χ3n) is 5.78. The molecule has 0 unspecified atom stereocenters. The Bertz CT molecular complexity index is 737. The number of aliphatic carboxylic acids is 1. The van der Waals surface area contributed by atoms with Gasteiger partial charge in [0, 0.05) is 32.4 Å². The number of nitrogens with one attached hydrogen (secondary N) is 2. The van der Waals surface area contributed by atoms with Gasteiger partial charge in [-0.2, -0.15) is 0 Å². The molecule has 0 aromatic carbocycles. The van der Waals surface area contributed by atoms with Crippen molar-refractivity contribution < 1.29 is 19.5 Å². The zero-order valence-electron chi connectivity index (χ0n) is 16.5. The Morgan fingerprint density at radius 2 is 2.04 bits per heavy atom. The monoisotopic (exact) mass is 390 g/mol. The summed E-state index contributed by atoms with van der Waals surface area (Å²) < 4.78 is 1.88. The quantitative estimate of drug-likeness (QED) is 0.650. The number of carboxylic acids is 1. The Labute approximate surface area is 165 Å². The molecule has 3 heterocycles. The molecule has 3 N–H and O–H groups in total. The third-order valence-corrected chi connectivity index (χ3v) is 5.78. The SMILES string of the molecule is Cc1c(C(=O)NCCC(=O)O)cn2c1C(=O)N(CCC1CCNCC1)CCC2. The van der Waals surface area contributed by atoms with Crippen molar-refractivity contribution >= 4 is 17.8 Å². The van der Waals surface area contributed by atoms with Crippen molar-refractivity contribution in [3.05, 3.63) is 23.0 Å². The number of amides is 2. The van der Waals surface area contributed by atoms with Crippen molar-refractivity contribution in [2.24, 2.45) is 5.92 Å². The minimum atomic E-state index is -0.954. The molecule has 3 rings (SSSR count). The average molecular weight is 390 g/mol. The second-order valence-electron chi connectivity index (χ2n) is 7.74. The van der Waals surface area contributed by atoms with E-state index in [9.17, 15) is 14.4 Å². The van der Waals surface area contributed by atoms with E-state index in [2.05, 4.69) is 10.6 Å². The first kappa shape index (κ1) is 20.4. The van der Waals surface area contributed by atoms with E-state index in [-0.39, 0.29) is 24.8 Å². The van der Waals surface area contributed by atoms with Crippen LogP contribution in [-0.4, -0.2) is 65.1 Å². The zero-order chi connectivity index (χ0) is 20.1. The van der Waals surface area contributed by atoms with Crippen LogP contribution in [0, 0.1) is 12.8 Å². The summed E-state index contributed by atoms with van der Waals surface area (Å²) in [5, 5.41) is 14.7. The van der Waals surface area contributed by atoms with Crippen molar-refractivity contribution in [2.75, 3.05) is 32.7 Å². The highest BCUT2D eigenvalue weighted by atomic mass is 16.4. The number of aromatic nitrogens is 1. The Morgan fingerprint density at radius 1 is 1.29 bits per heavy atom. The topological polar surface area (TPSA) is 104 Å². The minimum absolute atomic E-state index is 0.00600. The van der Waals surface area contributed by atoms with E-state index in [0.29, 0.717) is 29.3 Å². The van der Waals surface area contributed by atoms with Crippen LogP contribution >= 0.6 is 0 Å². The van der Waals surface area contributed by atoms with Crippen molar-refractivity contribution in [1.82, 2.24) is 20.1 Å². The molecule has 2 aliphatic rings. The van der Waals surface area contributed by atoms with E-state index in [0.717, 1.165) is 51.9 Å². The summed E-state index contributed by atoms with van der Waals surface area (Å²) in [4.78, 5) is 38.1. The fraction of sp³-hybridized carbons (Fsp3) is 0.650. The molecule has 0 bridgehead atoms. The number of hydrogen-bond donors (Lipinski definition) is 3. The van der Waals surface area contributed by atoms with Crippen molar-refractivity contribution in [3.8, 4) is 0 Å². The second kappa shape index (κ2) is 9.23. The predicted octanol–water partition coefficient (Wildman–Crippen LogP) is 1.24. The molecule has 1 aromatic rings. The molecule has 1 saturated heterocycles. The van der Waals surface area contributed by atoms with Gasteiger partial charge in [-0.25, -0.2) is 0 Å². The lowest BCUT2D eigenvalue weighted by Crippen LogP contribution is -2.35. The van der Waals surface area contributed by atoms with E-state index < -0.39 is 5.97 Å². The van der Waals surface area contributed by atoms with Crippen molar-refractivity contribution in [3.63, 3.8) is 0 Å². The number of fused-ring (bicyclic) bond motifs is 1. The van der Waals surface area contributed by atoms with Crippen LogP contribution in [0.1, 0.15) is 58.5 Å². The lowest BCUT2D eigenvalue weighted by atomic mass is 9.94. The predicted molar refractivity (Wildman–Crippen MR) is 104 cm³/mol. The third kappa shape index (κ3) is 4.73. The highest BCUT2D eigenvalue weighted by molar-refractivity contribution is 6.02. The number of carbonyl (C=O) groups excluding carboxylic acids is 2. The summed E-state index contributed by atoms with van der Waals surface area (Å²) in [6.07, 6.45) is 5.82. The van der Waals surface area contributed by atoms with E-state index >= 15 is 0 Å². The summed E-state index contributed by atoms with van der Waals surface area (Å²) in [6.45, 7) is 6.19. The van der Waals surface area contributed by atoms with E-state index in [4.69, 9.17) is 5.11 Å². The second-order valence-corrected chi connectivity index (χ2v) is 7.74. The van der Waals surface area contributed by atoms with Gasteiger partial charge in [0.25, 0.3) is 11.8 Å². The van der Waals surface area contributed by atoms with Gasteiger partial charge in [-0.3, -0.25) is 14.4 Å². The van der Waals surface area contributed by atoms with Gasteiger partial charge in [-0.15, -0.1) is 0 Å². The molecule has 154 valence electrons. The molecule has 0 saturated carbocycles. The van der Waals surface area contributed by atoms with E-state index in [1.54, 1.807) is 13.1 Å². The maximum absolute atomic E-state index is 13.2. The fourth-order valence-electron chi connectivity index (χ4n) is 4.13. The molecule has 2 amide bonds. The fourth-order valence-corrected chi connectivity index (χ4v) is 4.13. The molecule has 8 heteroatoms. The summed E-state index contributed by atoms with van der Waals surface area (Å²) >= 11 is 0. The highest BCUT2D eigenvalue weighted by Crippen LogP contribution is 2.24. The lowest BCUT2D eigenvalue weighted by Gasteiger charge is -2.26. The molecule has 2 aliphatic heterocycles. The van der Waals surface area contributed by atoms with Gasteiger partial charge in [0.2, 0.25) is 0 Å². The molecule has 0 aliphatic carbocycles. The maximum atomic E-state index is 13.2. The Morgan fingerprint density at radius 3 is 2.75 bits per heavy atom. The molecular formula is C20H30N4O4. The molecule has 8 nitrogen and oxygen atoms in total. The average Bonchev–Trinajstić information content (AvgIpc) is 2.91. The first-order chi connectivity index (χ1) is 13.5. The first-order valence-electron chi connectivity index (χ1n) is 10.2. The smallest absolute Gasteiger partial charge is 0.305 e. The van der Waals surface area contributed by atoms with Crippen LogP contribution in [0.4, 0.5) is 0 Å². The summed E-state index contributed by atoms with van der Waals surface area (Å²) in [7, 11) is 0. The first-order valence-corrected chi connectivity index (χ1v) is 10.2. The molecule has 0 radical (unpaired) electrons.